The lowest BCUT2D eigenvalue weighted by Gasteiger charge is -2.26. The Balaban J connectivity index is 1.77. The third-order valence-electron chi connectivity index (χ3n) is 3.01. The van der Waals surface area contributed by atoms with E-state index >= 15 is 0 Å². The number of hydrogen-bond acceptors (Lipinski definition) is 4. The average molecular weight is 271 g/mol. The predicted molar refractivity (Wildman–Crippen MR) is 73.8 cm³/mol. The molecule has 0 atom stereocenters. The molecule has 1 aromatic carbocycles. The van der Waals surface area contributed by atoms with Crippen LogP contribution in [0.5, 0.6) is 5.75 Å². The molecule has 0 radical (unpaired) electrons. The normalized spacial score (nSPS) is 16.6. The fraction of sp³-hybridized carbons (Fsp3) is 0.538. The van der Waals surface area contributed by atoms with Crippen LogP contribution in [-0.4, -0.2) is 51.4 Å². The van der Waals surface area contributed by atoms with Crippen molar-refractivity contribution in [2.24, 2.45) is 0 Å². The molecule has 0 saturated carbocycles. The van der Waals surface area contributed by atoms with Crippen LogP contribution in [0.4, 0.5) is 5.69 Å². The van der Waals surface area contributed by atoms with Gasteiger partial charge in [0.05, 0.1) is 25.3 Å². The number of anilines is 1. The Bertz CT molecular complexity index is 381. The first-order valence-corrected chi connectivity index (χ1v) is 6.55. The molecule has 0 bridgehead atoms. The van der Waals surface area contributed by atoms with Crippen molar-refractivity contribution < 1.29 is 9.47 Å². The van der Waals surface area contributed by atoms with Crippen molar-refractivity contribution >= 4 is 17.3 Å². The molecule has 1 aliphatic rings. The van der Waals surface area contributed by atoms with Gasteiger partial charge in [-0.1, -0.05) is 11.6 Å². The first-order valence-electron chi connectivity index (χ1n) is 6.17. The molecule has 0 spiro atoms. The van der Waals surface area contributed by atoms with Crippen LogP contribution in [0.1, 0.15) is 0 Å². The molecule has 1 fully saturated rings. The minimum atomic E-state index is 0.633. The SMILES string of the molecule is COc1ccc(NCCN2CCOCC2)cc1Cl. The average Bonchev–Trinajstić information content (AvgIpc) is 2.40. The van der Waals surface area contributed by atoms with Gasteiger partial charge in [-0.2, -0.15) is 0 Å². The van der Waals surface area contributed by atoms with Crippen LogP contribution in [0.3, 0.4) is 0 Å². The van der Waals surface area contributed by atoms with E-state index in [4.69, 9.17) is 21.1 Å². The van der Waals surface area contributed by atoms with E-state index in [1.807, 2.05) is 18.2 Å². The summed E-state index contributed by atoms with van der Waals surface area (Å²) in [5, 5.41) is 3.99. The van der Waals surface area contributed by atoms with E-state index < -0.39 is 0 Å². The van der Waals surface area contributed by atoms with Gasteiger partial charge in [0.2, 0.25) is 0 Å². The summed E-state index contributed by atoms with van der Waals surface area (Å²) in [6, 6.07) is 5.74. The zero-order valence-corrected chi connectivity index (χ0v) is 11.4. The first kappa shape index (κ1) is 13.5. The largest absolute Gasteiger partial charge is 0.495 e. The van der Waals surface area contributed by atoms with Crippen molar-refractivity contribution in [1.29, 1.82) is 0 Å². The van der Waals surface area contributed by atoms with E-state index in [1.54, 1.807) is 7.11 Å². The van der Waals surface area contributed by atoms with Gasteiger partial charge >= 0.3 is 0 Å². The highest BCUT2D eigenvalue weighted by atomic mass is 35.5. The Morgan fingerprint density at radius 3 is 2.83 bits per heavy atom. The van der Waals surface area contributed by atoms with Gasteiger partial charge in [0.25, 0.3) is 0 Å². The highest BCUT2D eigenvalue weighted by molar-refractivity contribution is 6.32. The number of benzene rings is 1. The maximum Gasteiger partial charge on any atom is 0.137 e. The highest BCUT2D eigenvalue weighted by Gasteiger charge is 2.09. The Morgan fingerprint density at radius 2 is 2.17 bits per heavy atom. The van der Waals surface area contributed by atoms with E-state index in [0.29, 0.717) is 10.8 Å². The number of rotatable bonds is 5. The molecule has 1 N–H and O–H groups in total. The topological polar surface area (TPSA) is 33.7 Å². The van der Waals surface area contributed by atoms with Gasteiger partial charge in [-0.05, 0) is 18.2 Å². The number of halogens is 1. The molecular formula is C13H19ClN2O2. The van der Waals surface area contributed by atoms with E-state index in [1.165, 1.54) is 0 Å². The van der Waals surface area contributed by atoms with Crippen LogP contribution in [-0.2, 0) is 4.74 Å². The molecule has 0 unspecified atom stereocenters. The molecular weight excluding hydrogens is 252 g/mol. The number of hydrogen-bond donors (Lipinski definition) is 1. The second-order valence-corrected chi connectivity index (χ2v) is 4.64. The lowest BCUT2D eigenvalue weighted by Crippen LogP contribution is -2.38. The van der Waals surface area contributed by atoms with Crippen LogP contribution < -0.4 is 10.1 Å². The number of methoxy groups -OCH3 is 1. The van der Waals surface area contributed by atoms with E-state index in [-0.39, 0.29) is 0 Å². The standard InChI is InChI=1S/C13H19ClN2O2/c1-17-13-3-2-11(10-12(13)14)15-4-5-16-6-8-18-9-7-16/h2-3,10,15H,4-9H2,1H3. The molecule has 1 aliphatic heterocycles. The summed E-state index contributed by atoms with van der Waals surface area (Å²) < 4.78 is 10.4. The fourth-order valence-corrected chi connectivity index (χ4v) is 2.22. The molecule has 0 aliphatic carbocycles. The molecule has 2 rings (SSSR count). The maximum atomic E-state index is 6.07. The number of nitrogens with one attached hydrogen (secondary N) is 1. The van der Waals surface area contributed by atoms with Gasteiger partial charge in [0, 0.05) is 31.9 Å². The summed E-state index contributed by atoms with van der Waals surface area (Å²) >= 11 is 6.07. The Kier molecular flexibility index (Phi) is 5.11. The Hall–Kier alpha value is -0.970. The smallest absolute Gasteiger partial charge is 0.137 e. The minimum Gasteiger partial charge on any atom is -0.495 e. The third kappa shape index (κ3) is 3.77. The van der Waals surface area contributed by atoms with Gasteiger partial charge in [0.1, 0.15) is 5.75 Å². The van der Waals surface area contributed by atoms with Crippen molar-refractivity contribution in [3.8, 4) is 5.75 Å². The summed E-state index contributed by atoms with van der Waals surface area (Å²) in [6.07, 6.45) is 0. The molecule has 0 amide bonds. The summed E-state index contributed by atoms with van der Waals surface area (Å²) in [5.41, 5.74) is 1.02. The van der Waals surface area contributed by atoms with Crippen LogP contribution in [0.25, 0.3) is 0 Å². The van der Waals surface area contributed by atoms with Crippen molar-refractivity contribution in [2.45, 2.75) is 0 Å². The quantitative estimate of drug-likeness (QED) is 0.888. The fourth-order valence-electron chi connectivity index (χ4n) is 1.96. The summed E-state index contributed by atoms with van der Waals surface area (Å²) in [6.45, 7) is 5.65. The molecule has 18 heavy (non-hydrogen) atoms. The van der Waals surface area contributed by atoms with E-state index in [2.05, 4.69) is 10.2 Å². The molecule has 1 heterocycles. The summed E-state index contributed by atoms with van der Waals surface area (Å²) in [7, 11) is 1.62. The third-order valence-corrected chi connectivity index (χ3v) is 3.31. The first-order chi connectivity index (χ1) is 8.79. The van der Waals surface area contributed by atoms with Crippen molar-refractivity contribution in [2.75, 3.05) is 51.8 Å². The van der Waals surface area contributed by atoms with E-state index in [9.17, 15) is 0 Å². The summed E-state index contributed by atoms with van der Waals surface area (Å²) in [5.74, 6) is 0.704. The van der Waals surface area contributed by atoms with Gasteiger partial charge in [-0.3, -0.25) is 4.90 Å². The summed E-state index contributed by atoms with van der Waals surface area (Å²) in [4.78, 5) is 2.39. The van der Waals surface area contributed by atoms with Crippen LogP contribution in [0, 0.1) is 0 Å². The lowest BCUT2D eigenvalue weighted by molar-refractivity contribution is 0.0398. The Labute approximate surface area is 113 Å². The second kappa shape index (κ2) is 6.83. The molecule has 5 heteroatoms. The molecule has 100 valence electrons. The zero-order valence-electron chi connectivity index (χ0n) is 10.6. The molecule has 0 aromatic heterocycles. The van der Waals surface area contributed by atoms with Gasteiger partial charge < -0.3 is 14.8 Å². The predicted octanol–water partition coefficient (Wildman–Crippen LogP) is 2.09. The van der Waals surface area contributed by atoms with Gasteiger partial charge in [-0.15, -0.1) is 0 Å². The number of morpholine rings is 1. The number of nitrogens with zero attached hydrogens (tertiary/aromatic N) is 1. The van der Waals surface area contributed by atoms with Gasteiger partial charge in [-0.25, -0.2) is 0 Å². The van der Waals surface area contributed by atoms with Crippen molar-refractivity contribution in [3.63, 3.8) is 0 Å². The maximum absolute atomic E-state index is 6.07. The van der Waals surface area contributed by atoms with E-state index in [0.717, 1.165) is 45.1 Å². The minimum absolute atomic E-state index is 0.633. The van der Waals surface area contributed by atoms with Crippen LogP contribution in [0.2, 0.25) is 5.02 Å². The number of ether oxygens (including phenoxy) is 2. The molecule has 1 aromatic rings. The monoisotopic (exact) mass is 270 g/mol. The van der Waals surface area contributed by atoms with Crippen molar-refractivity contribution in [1.82, 2.24) is 4.90 Å². The van der Waals surface area contributed by atoms with Crippen LogP contribution in [0.15, 0.2) is 18.2 Å². The second-order valence-electron chi connectivity index (χ2n) is 4.23. The van der Waals surface area contributed by atoms with Crippen molar-refractivity contribution in [3.05, 3.63) is 23.2 Å². The van der Waals surface area contributed by atoms with Crippen LogP contribution >= 0.6 is 11.6 Å². The molecule has 1 saturated heterocycles. The molecule has 4 nitrogen and oxygen atoms in total. The zero-order chi connectivity index (χ0) is 12.8. The van der Waals surface area contributed by atoms with Gasteiger partial charge in [0.15, 0.2) is 0 Å². The lowest BCUT2D eigenvalue weighted by atomic mass is 10.3. The highest BCUT2D eigenvalue weighted by Crippen LogP contribution is 2.26. The Morgan fingerprint density at radius 1 is 1.39 bits per heavy atom.